The molecular weight excluding hydrogens is 242 g/mol. The largest absolute Gasteiger partial charge is 0.481 e. The Kier molecular flexibility index (Phi) is 4.52. The van der Waals surface area contributed by atoms with E-state index in [4.69, 9.17) is 9.15 Å². The van der Waals surface area contributed by atoms with Crippen LogP contribution in [0.25, 0.3) is 0 Å². The lowest BCUT2D eigenvalue weighted by Crippen LogP contribution is -2.23. The highest BCUT2D eigenvalue weighted by atomic mass is 16.5. The number of furan rings is 1. The number of aryl methyl sites for hydroxylation is 1. The molecule has 2 aromatic rings. The number of hydrogen-bond donors (Lipinski definition) is 1. The number of nitrogens with zero attached hydrogens (tertiary/aromatic N) is 2. The van der Waals surface area contributed by atoms with Gasteiger partial charge in [0.2, 0.25) is 5.88 Å². The van der Waals surface area contributed by atoms with Crippen LogP contribution in [-0.2, 0) is 6.42 Å². The molecule has 5 nitrogen and oxygen atoms in total. The van der Waals surface area contributed by atoms with Crippen molar-refractivity contribution in [2.24, 2.45) is 0 Å². The second-order valence-corrected chi connectivity index (χ2v) is 4.31. The monoisotopic (exact) mass is 261 g/mol. The number of likely N-dealkylation sites (N-methyl/N-ethyl adjacent to an activating group) is 1. The zero-order valence-electron chi connectivity index (χ0n) is 11.5. The summed E-state index contributed by atoms with van der Waals surface area (Å²) in [6.07, 6.45) is 2.25. The van der Waals surface area contributed by atoms with Gasteiger partial charge in [0.25, 0.3) is 0 Å². The predicted molar refractivity (Wildman–Crippen MR) is 72.2 cm³/mol. The fourth-order valence-electron chi connectivity index (χ4n) is 1.97. The number of nitrogens with one attached hydrogen (secondary N) is 1. The van der Waals surface area contributed by atoms with Gasteiger partial charge in [0.05, 0.1) is 13.2 Å². The predicted octanol–water partition coefficient (Wildman–Crippen LogP) is 2.28. The van der Waals surface area contributed by atoms with Crippen molar-refractivity contribution >= 4 is 0 Å². The van der Waals surface area contributed by atoms with Crippen molar-refractivity contribution in [3.8, 4) is 5.88 Å². The van der Waals surface area contributed by atoms with Gasteiger partial charge >= 0.3 is 0 Å². The molecule has 19 heavy (non-hydrogen) atoms. The van der Waals surface area contributed by atoms with E-state index in [9.17, 15) is 0 Å². The number of ether oxygens (including phenoxy) is 1. The fraction of sp³-hybridized carbons (Fsp3) is 0.429. The maximum absolute atomic E-state index is 5.69. The third-order valence-corrected chi connectivity index (χ3v) is 2.88. The minimum atomic E-state index is 0.110. The molecule has 5 heteroatoms. The van der Waals surface area contributed by atoms with E-state index < -0.39 is 0 Å². The van der Waals surface area contributed by atoms with E-state index in [-0.39, 0.29) is 6.04 Å². The van der Waals surface area contributed by atoms with Crippen LogP contribution >= 0.6 is 0 Å². The first-order chi connectivity index (χ1) is 9.22. The number of rotatable bonds is 6. The molecule has 0 aliphatic carbocycles. The van der Waals surface area contributed by atoms with Crippen LogP contribution in [0.1, 0.15) is 30.2 Å². The summed E-state index contributed by atoms with van der Waals surface area (Å²) in [6, 6.07) is 5.93. The molecule has 0 spiro atoms. The Labute approximate surface area is 113 Å². The molecule has 0 amide bonds. The van der Waals surface area contributed by atoms with Gasteiger partial charge < -0.3 is 14.5 Å². The van der Waals surface area contributed by atoms with Crippen LogP contribution in [0.15, 0.2) is 28.9 Å². The summed E-state index contributed by atoms with van der Waals surface area (Å²) < 4.78 is 10.8. The maximum atomic E-state index is 5.69. The van der Waals surface area contributed by atoms with E-state index in [1.807, 2.05) is 25.1 Å². The topological polar surface area (TPSA) is 60.2 Å². The summed E-state index contributed by atoms with van der Waals surface area (Å²) in [5.74, 6) is 2.42. The Balaban J connectivity index is 2.16. The summed E-state index contributed by atoms with van der Waals surface area (Å²) in [7, 11) is 1.60. The van der Waals surface area contributed by atoms with Gasteiger partial charge in [-0.3, -0.25) is 0 Å². The first-order valence-corrected chi connectivity index (χ1v) is 6.37. The van der Waals surface area contributed by atoms with Gasteiger partial charge in [0, 0.05) is 18.2 Å². The zero-order chi connectivity index (χ0) is 13.7. The molecule has 2 heterocycles. The van der Waals surface area contributed by atoms with E-state index in [2.05, 4.69) is 22.2 Å². The van der Waals surface area contributed by atoms with E-state index in [0.717, 1.165) is 30.2 Å². The normalized spacial score (nSPS) is 12.4. The van der Waals surface area contributed by atoms with Crippen molar-refractivity contribution in [3.63, 3.8) is 0 Å². The molecule has 2 aromatic heterocycles. The summed E-state index contributed by atoms with van der Waals surface area (Å²) >= 11 is 0. The standard InChI is InChI=1S/C14H19N3O2/c1-4-15-12(13-6-5-10(2)19-13)7-11-8-14(18-3)17-9-16-11/h5-6,8-9,12,15H,4,7H2,1-3H3. The number of hydrogen-bond acceptors (Lipinski definition) is 5. The van der Waals surface area contributed by atoms with Crippen LogP contribution in [0.3, 0.4) is 0 Å². The number of aromatic nitrogens is 2. The van der Waals surface area contributed by atoms with Crippen molar-refractivity contribution in [1.82, 2.24) is 15.3 Å². The lowest BCUT2D eigenvalue weighted by Gasteiger charge is -2.15. The molecule has 1 unspecified atom stereocenters. The molecule has 1 atom stereocenters. The van der Waals surface area contributed by atoms with E-state index >= 15 is 0 Å². The molecular formula is C14H19N3O2. The molecule has 102 valence electrons. The fourth-order valence-corrected chi connectivity index (χ4v) is 1.97. The Morgan fingerprint density at radius 1 is 1.37 bits per heavy atom. The Bertz CT molecular complexity index is 525. The van der Waals surface area contributed by atoms with Crippen LogP contribution < -0.4 is 10.1 Å². The maximum Gasteiger partial charge on any atom is 0.216 e. The molecule has 0 fully saturated rings. The van der Waals surface area contributed by atoms with E-state index in [1.54, 1.807) is 7.11 Å². The quantitative estimate of drug-likeness (QED) is 0.864. The number of methoxy groups -OCH3 is 1. The summed E-state index contributed by atoms with van der Waals surface area (Å²) in [6.45, 7) is 4.89. The van der Waals surface area contributed by atoms with Crippen molar-refractivity contribution in [2.45, 2.75) is 26.3 Å². The minimum Gasteiger partial charge on any atom is -0.481 e. The summed E-state index contributed by atoms with van der Waals surface area (Å²) in [4.78, 5) is 8.28. The third-order valence-electron chi connectivity index (χ3n) is 2.88. The summed E-state index contributed by atoms with van der Waals surface area (Å²) in [5, 5.41) is 3.40. The molecule has 0 aromatic carbocycles. The third kappa shape index (κ3) is 3.54. The second kappa shape index (κ2) is 6.33. The Morgan fingerprint density at radius 3 is 2.84 bits per heavy atom. The Hall–Kier alpha value is -1.88. The second-order valence-electron chi connectivity index (χ2n) is 4.31. The SMILES string of the molecule is CCNC(Cc1cc(OC)ncn1)c1ccc(C)o1. The van der Waals surface area contributed by atoms with Gasteiger partial charge in [0.1, 0.15) is 17.8 Å². The lowest BCUT2D eigenvalue weighted by atomic mass is 10.1. The molecule has 1 N–H and O–H groups in total. The first kappa shape index (κ1) is 13.5. The molecule has 2 rings (SSSR count). The first-order valence-electron chi connectivity index (χ1n) is 6.37. The molecule has 0 saturated carbocycles. The minimum absolute atomic E-state index is 0.110. The van der Waals surface area contributed by atoms with Crippen molar-refractivity contribution < 1.29 is 9.15 Å². The summed E-state index contributed by atoms with van der Waals surface area (Å²) in [5.41, 5.74) is 0.923. The Morgan fingerprint density at radius 2 is 2.21 bits per heavy atom. The zero-order valence-corrected chi connectivity index (χ0v) is 11.5. The van der Waals surface area contributed by atoms with Gasteiger partial charge in [-0.25, -0.2) is 9.97 Å². The van der Waals surface area contributed by atoms with Crippen molar-refractivity contribution in [3.05, 3.63) is 41.7 Å². The molecule has 0 saturated heterocycles. The van der Waals surface area contributed by atoms with Crippen LogP contribution in [0.2, 0.25) is 0 Å². The smallest absolute Gasteiger partial charge is 0.216 e. The molecule has 0 aliphatic heterocycles. The van der Waals surface area contributed by atoms with Gasteiger partial charge in [-0.15, -0.1) is 0 Å². The molecule has 0 aliphatic rings. The highest BCUT2D eigenvalue weighted by Gasteiger charge is 2.16. The average Bonchev–Trinajstić information content (AvgIpc) is 2.85. The van der Waals surface area contributed by atoms with Gasteiger partial charge in [-0.2, -0.15) is 0 Å². The van der Waals surface area contributed by atoms with Gasteiger partial charge in [0.15, 0.2) is 0 Å². The van der Waals surface area contributed by atoms with Crippen LogP contribution in [-0.4, -0.2) is 23.6 Å². The van der Waals surface area contributed by atoms with Gasteiger partial charge in [-0.05, 0) is 25.6 Å². The van der Waals surface area contributed by atoms with Gasteiger partial charge in [-0.1, -0.05) is 6.92 Å². The lowest BCUT2D eigenvalue weighted by molar-refractivity contribution is 0.389. The van der Waals surface area contributed by atoms with E-state index in [1.165, 1.54) is 6.33 Å². The molecule has 0 bridgehead atoms. The van der Waals surface area contributed by atoms with Crippen LogP contribution in [0.4, 0.5) is 0 Å². The highest BCUT2D eigenvalue weighted by molar-refractivity contribution is 5.17. The van der Waals surface area contributed by atoms with Crippen molar-refractivity contribution in [1.29, 1.82) is 0 Å². The van der Waals surface area contributed by atoms with E-state index in [0.29, 0.717) is 5.88 Å². The van der Waals surface area contributed by atoms with Crippen molar-refractivity contribution in [2.75, 3.05) is 13.7 Å². The molecule has 0 radical (unpaired) electrons. The highest BCUT2D eigenvalue weighted by Crippen LogP contribution is 2.20. The average molecular weight is 261 g/mol. The van der Waals surface area contributed by atoms with Crippen LogP contribution in [0, 0.1) is 6.92 Å². The van der Waals surface area contributed by atoms with Crippen LogP contribution in [0.5, 0.6) is 5.88 Å².